The lowest BCUT2D eigenvalue weighted by atomic mass is 10.00. The fourth-order valence-corrected chi connectivity index (χ4v) is 4.97. The minimum absolute atomic E-state index is 0.0825. The summed E-state index contributed by atoms with van der Waals surface area (Å²) in [5.74, 6) is -0.725. The van der Waals surface area contributed by atoms with Crippen LogP contribution in [-0.4, -0.2) is 41.9 Å². The molecule has 1 saturated heterocycles. The van der Waals surface area contributed by atoms with Crippen LogP contribution in [0, 0.1) is 5.82 Å². The second kappa shape index (κ2) is 7.96. The second-order valence-corrected chi connectivity index (χ2v) is 9.00. The maximum atomic E-state index is 13.4. The highest BCUT2D eigenvalue weighted by Crippen LogP contribution is 2.30. The number of piperidine rings is 1. The summed E-state index contributed by atoms with van der Waals surface area (Å²) in [6.45, 7) is 0.548. The Morgan fingerprint density at radius 3 is 2.67 bits per heavy atom. The fourth-order valence-electron chi connectivity index (χ4n) is 3.45. The summed E-state index contributed by atoms with van der Waals surface area (Å²) in [6.07, 6.45) is 1.32. The van der Waals surface area contributed by atoms with E-state index in [1.807, 2.05) is 0 Å². The van der Waals surface area contributed by atoms with E-state index < -0.39 is 21.7 Å². The van der Waals surface area contributed by atoms with Crippen molar-refractivity contribution in [3.05, 3.63) is 65.8 Å². The highest BCUT2D eigenvalue weighted by molar-refractivity contribution is 7.89. The number of carbonyl (C=O) groups excluding carboxylic acids is 1. The highest BCUT2D eigenvalue weighted by Gasteiger charge is 2.33. The van der Waals surface area contributed by atoms with Gasteiger partial charge in [-0.15, -0.1) is 0 Å². The van der Waals surface area contributed by atoms with E-state index >= 15 is 0 Å². The monoisotopic (exact) mass is 430 g/mol. The zero-order valence-corrected chi connectivity index (χ0v) is 16.7. The number of nitrogens with two attached hydrogens (primary N) is 1. The Labute approximate surface area is 172 Å². The van der Waals surface area contributed by atoms with Gasteiger partial charge < -0.3 is 10.3 Å². The molecule has 1 aromatic heterocycles. The lowest BCUT2D eigenvalue weighted by Gasteiger charge is -2.30. The first-order chi connectivity index (χ1) is 14.3. The first-order valence-corrected chi connectivity index (χ1v) is 10.8. The van der Waals surface area contributed by atoms with Gasteiger partial charge in [0.1, 0.15) is 5.82 Å². The number of benzene rings is 2. The molecule has 8 nitrogen and oxygen atoms in total. The van der Waals surface area contributed by atoms with Crippen LogP contribution in [0.3, 0.4) is 0 Å². The molecule has 1 fully saturated rings. The van der Waals surface area contributed by atoms with E-state index in [0.717, 1.165) is 0 Å². The summed E-state index contributed by atoms with van der Waals surface area (Å²) < 4.78 is 46.2. The van der Waals surface area contributed by atoms with E-state index in [0.29, 0.717) is 30.8 Å². The summed E-state index contributed by atoms with van der Waals surface area (Å²) in [5, 5.41) is 3.91. The number of sulfonamides is 1. The van der Waals surface area contributed by atoms with Gasteiger partial charge in [-0.3, -0.25) is 4.79 Å². The molecule has 0 saturated carbocycles. The molecular formula is C20H19FN4O4S. The van der Waals surface area contributed by atoms with Crippen LogP contribution in [0.2, 0.25) is 0 Å². The molecule has 2 N–H and O–H groups in total. The van der Waals surface area contributed by atoms with Crippen molar-refractivity contribution < 1.29 is 22.1 Å². The van der Waals surface area contributed by atoms with Gasteiger partial charge >= 0.3 is 0 Å². The third-order valence-electron chi connectivity index (χ3n) is 5.03. The Kier molecular flexibility index (Phi) is 5.35. The van der Waals surface area contributed by atoms with Crippen LogP contribution in [0.4, 0.5) is 4.39 Å². The number of nitrogens with zero attached hydrogens (tertiary/aromatic N) is 3. The number of amides is 1. The van der Waals surface area contributed by atoms with Crippen molar-refractivity contribution in [2.45, 2.75) is 23.7 Å². The molecule has 3 aromatic rings. The smallest absolute Gasteiger partial charge is 0.248 e. The van der Waals surface area contributed by atoms with Gasteiger partial charge in [0.25, 0.3) is 0 Å². The summed E-state index contributed by atoms with van der Waals surface area (Å²) in [6, 6.07) is 11.4. The molecule has 2 heterocycles. The lowest BCUT2D eigenvalue weighted by molar-refractivity contribution is 0.1000. The molecule has 1 atom stereocenters. The van der Waals surface area contributed by atoms with Gasteiger partial charge in [0, 0.05) is 24.2 Å². The Bertz CT molecular complexity index is 1180. The maximum absolute atomic E-state index is 13.4. The van der Waals surface area contributed by atoms with Crippen LogP contribution in [0.1, 0.15) is 35.0 Å². The van der Waals surface area contributed by atoms with Crippen LogP contribution in [0.5, 0.6) is 0 Å². The molecule has 0 spiro atoms. The molecule has 0 bridgehead atoms. The SMILES string of the molecule is NC(=O)c1ccc(S(=O)(=O)N2CCCC(c3nc(-c4cccc(F)c4)no3)C2)cc1. The molecular weight excluding hydrogens is 411 g/mol. The normalized spacial score (nSPS) is 17.7. The van der Waals surface area contributed by atoms with Crippen LogP contribution >= 0.6 is 0 Å². The predicted octanol–water partition coefficient (Wildman–Crippen LogP) is 2.54. The third-order valence-corrected chi connectivity index (χ3v) is 6.91. The Morgan fingerprint density at radius 1 is 1.20 bits per heavy atom. The van der Waals surface area contributed by atoms with Gasteiger partial charge in [-0.25, -0.2) is 12.8 Å². The molecule has 1 aliphatic heterocycles. The molecule has 1 amide bonds. The van der Waals surface area contributed by atoms with E-state index in [1.54, 1.807) is 12.1 Å². The molecule has 4 rings (SSSR count). The Morgan fingerprint density at radius 2 is 1.97 bits per heavy atom. The first kappa shape index (κ1) is 20.2. The van der Waals surface area contributed by atoms with Crippen molar-refractivity contribution in [2.75, 3.05) is 13.1 Å². The van der Waals surface area contributed by atoms with Crippen LogP contribution < -0.4 is 5.73 Å². The van der Waals surface area contributed by atoms with Crippen molar-refractivity contribution in [1.82, 2.24) is 14.4 Å². The number of hydrogen-bond donors (Lipinski definition) is 1. The summed E-state index contributed by atoms with van der Waals surface area (Å²) in [4.78, 5) is 15.6. The summed E-state index contributed by atoms with van der Waals surface area (Å²) in [7, 11) is -3.75. The molecule has 10 heteroatoms. The molecule has 30 heavy (non-hydrogen) atoms. The van der Waals surface area contributed by atoms with Crippen LogP contribution in [-0.2, 0) is 10.0 Å². The molecule has 1 aliphatic rings. The fraction of sp³-hybridized carbons (Fsp3) is 0.250. The molecule has 0 aliphatic carbocycles. The van der Waals surface area contributed by atoms with Crippen molar-refractivity contribution in [1.29, 1.82) is 0 Å². The molecule has 156 valence electrons. The van der Waals surface area contributed by atoms with E-state index in [9.17, 15) is 17.6 Å². The van der Waals surface area contributed by atoms with Gasteiger partial charge in [0.15, 0.2) is 0 Å². The number of carbonyl (C=O) groups is 1. The van der Waals surface area contributed by atoms with Crippen molar-refractivity contribution in [3.63, 3.8) is 0 Å². The topological polar surface area (TPSA) is 119 Å². The van der Waals surface area contributed by atoms with Gasteiger partial charge in [0.2, 0.25) is 27.6 Å². The summed E-state index contributed by atoms with van der Waals surface area (Å²) >= 11 is 0. The Hall–Kier alpha value is -3.11. The second-order valence-electron chi connectivity index (χ2n) is 7.06. The standard InChI is InChI=1S/C20H19FN4O4S/c21-16-5-1-3-14(11-16)19-23-20(29-24-19)15-4-2-10-25(12-15)30(27,28)17-8-6-13(7-9-17)18(22)26/h1,3,5-9,11,15H,2,4,10,12H2,(H2,22,26). The van der Waals surface area contributed by atoms with E-state index in [4.69, 9.17) is 10.3 Å². The summed E-state index contributed by atoms with van der Waals surface area (Å²) in [5.41, 5.74) is 5.93. The number of hydrogen-bond acceptors (Lipinski definition) is 6. The average molecular weight is 430 g/mol. The van der Waals surface area contributed by atoms with Gasteiger partial charge in [-0.1, -0.05) is 17.3 Å². The number of aromatic nitrogens is 2. The maximum Gasteiger partial charge on any atom is 0.248 e. The minimum Gasteiger partial charge on any atom is -0.366 e. The highest BCUT2D eigenvalue weighted by atomic mass is 32.2. The molecule has 1 unspecified atom stereocenters. The molecule has 2 aromatic carbocycles. The third kappa shape index (κ3) is 3.96. The van der Waals surface area contributed by atoms with Crippen molar-refractivity contribution in [2.24, 2.45) is 5.73 Å². The van der Waals surface area contributed by atoms with E-state index in [2.05, 4.69) is 10.1 Å². The lowest BCUT2D eigenvalue weighted by Crippen LogP contribution is -2.39. The van der Waals surface area contributed by atoms with Gasteiger partial charge in [-0.2, -0.15) is 9.29 Å². The largest absolute Gasteiger partial charge is 0.366 e. The van der Waals surface area contributed by atoms with Gasteiger partial charge in [0.05, 0.1) is 10.8 Å². The van der Waals surface area contributed by atoms with Crippen LogP contribution in [0.15, 0.2) is 57.9 Å². The van der Waals surface area contributed by atoms with Crippen molar-refractivity contribution in [3.8, 4) is 11.4 Å². The van der Waals surface area contributed by atoms with E-state index in [-0.39, 0.29) is 28.7 Å². The number of primary amides is 1. The predicted molar refractivity (Wildman–Crippen MR) is 105 cm³/mol. The van der Waals surface area contributed by atoms with Crippen molar-refractivity contribution >= 4 is 15.9 Å². The zero-order chi connectivity index (χ0) is 21.3. The zero-order valence-electron chi connectivity index (χ0n) is 15.9. The molecule has 0 radical (unpaired) electrons. The number of halogens is 1. The Balaban J connectivity index is 1.54. The van der Waals surface area contributed by atoms with Crippen LogP contribution in [0.25, 0.3) is 11.4 Å². The number of rotatable bonds is 5. The van der Waals surface area contributed by atoms with Gasteiger partial charge in [-0.05, 0) is 49.2 Å². The van der Waals surface area contributed by atoms with E-state index in [1.165, 1.54) is 40.7 Å². The first-order valence-electron chi connectivity index (χ1n) is 9.34. The quantitative estimate of drug-likeness (QED) is 0.664. The minimum atomic E-state index is -3.75. The average Bonchev–Trinajstić information content (AvgIpc) is 3.24.